The molecule has 4 rings (SSSR count). The summed E-state index contributed by atoms with van der Waals surface area (Å²) in [5.74, 6) is 0.303. The van der Waals surface area contributed by atoms with Gasteiger partial charge in [0.15, 0.2) is 0 Å². The zero-order chi connectivity index (χ0) is 19.5. The Balaban J connectivity index is 1.44. The van der Waals surface area contributed by atoms with Crippen molar-refractivity contribution in [2.45, 2.75) is 0 Å². The molecule has 2 aromatic carbocycles. The van der Waals surface area contributed by atoms with Crippen LogP contribution in [-0.2, 0) is 0 Å². The number of hydrogen-bond acceptors (Lipinski definition) is 4. The maximum Gasteiger partial charge on any atom is 0.253 e. The Morgan fingerprint density at radius 2 is 1.64 bits per heavy atom. The molecule has 3 aromatic rings. The summed E-state index contributed by atoms with van der Waals surface area (Å²) in [4.78, 5) is 25.2. The van der Waals surface area contributed by atoms with Crippen LogP contribution < -0.4 is 4.90 Å². The van der Waals surface area contributed by atoms with E-state index in [2.05, 4.69) is 14.9 Å². The van der Waals surface area contributed by atoms with Gasteiger partial charge in [0.05, 0.1) is 0 Å². The van der Waals surface area contributed by atoms with Crippen molar-refractivity contribution >= 4 is 23.5 Å². The van der Waals surface area contributed by atoms with E-state index in [1.165, 1.54) is 12.1 Å². The van der Waals surface area contributed by atoms with Crippen LogP contribution in [0.4, 0.5) is 10.3 Å². The van der Waals surface area contributed by atoms with E-state index >= 15 is 0 Å². The number of nitrogens with zero attached hydrogens (tertiary/aromatic N) is 4. The van der Waals surface area contributed by atoms with Gasteiger partial charge in [0, 0.05) is 54.7 Å². The molecule has 0 radical (unpaired) electrons. The largest absolute Gasteiger partial charge is 0.337 e. The monoisotopic (exact) mass is 396 g/mol. The van der Waals surface area contributed by atoms with E-state index in [4.69, 9.17) is 11.6 Å². The number of amides is 1. The lowest BCUT2D eigenvalue weighted by atomic mass is 10.0. The summed E-state index contributed by atoms with van der Waals surface area (Å²) < 4.78 is 14.0. The van der Waals surface area contributed by atoms with E-state index in [0.29, 0.717) is 53.8 Å². The number of rotatable bonds is 3. The van der Waals surface area contributed by atoms with Crippen molar-refractivity contribution in [1.82, 2.24) is 14.9 Å². The minimum absolute atomic E-state index is 0.0354. The van der Waals surface area contributed by atoms with Crippen LogP contribution in [0.1, 0.15) is 10.4 Å². The van der Waals surface area contributed by atoms with Crippen LogP contribution in [0, 0.1) is 5.82 Å². The quantitative estimate of drug-likeness (QED) is 0.673. The number of carbonyl (C=O) groups is 1. The van der Waals surface area contributed by atoms with Crippen molar-refractivity contribution < 1.29 is 9.18 Å². The summed E-state index contributed by atoms with van der Waals surface area (Å²) >= 11 is 5.97. The highest BCUT2D eigenvalue weighted by Gasteiger charge is 2.23. The zero-order valence-corrected chi connectivity index (χ0v) is 15.8. The fourth-order valence-corrected chi connectivity index (χ4v) is 3.43. The number of hydrogen-bond donors (Lipinski definition) is 0. The summed E-state index contributed by atoms with van der Waals surface area (Å²) in [6, 6.07) is 13.2. The SMILES string of the molecule is O=C(c1ccc(-c2cc(Cl)ccc2F)cc1)N1CCN(c2ncccn2)CC1. The maximum absolute atomic E-state index is 14.0. The first-order valence-corrected chi connectivity index (χ1v) is 9.36. The average Bonchev–Trinajstić information content (AvgIpc) is 2.76. The molecule has 142 valence electrons. The molecule has 0 aliphatic carbocycles. The van der Waals surface area contributed by atoms with E-state index < -0.39 is 0 Å². The van der Waals surface area contributed by atoms with E-state index in [1.54, 1.807) is 48.8 Å². The second-order valence-corrected chi connectivity index (χ2v) is 6.97. The molecule has 1 amide bonds. The lowest BCUT2D eigenvalue weighted by Gasteiger charge is -2.34. The first kappa shape index (κ1) is 18.4. The highest BCUT2D eigenvalue weighted by Crippen LogP contribution is 2.26. The number of carbonyl (C=O) groups excluding carboxylic acids is 1. The molecule has 1 aliphatic rings. The Hall–Kier alpha value is -2.99. The molecule has 7 heteroatoms. The number of benzene rings is 2. The van der Waals surface area contributed by atoms with Gasteiger partial charge in [0.25, 0.3) is 5.91 Å². The van der Waals surface area contributed by atoms with Crippen molar-refractivity contribution in [2.24, 2.45) is 0 Å². The molecule has 0 N–H and O–H groups in total. The molecule has 0 saturated carbocycles. The first-order valence-electron chi connectivity index (χ1n) is 8.98. The van der Waals surface area contributed by atoms with Gasteiger partial charge in [-0.15, -0.1) is 0 Å². The van der Waals surface area contributed by atoms with Crippen LogP contribution in [0.25, 0.3) is 11.1 Å². The summed E-state index contributed by atoms with van der Waals surface area (Å²) in [5.41, 5.74) is 1.68. The van der Waals surface area contributed by atoms with Crippen molar-refractivity contribution in [2.75, 3.05) is 31.1 Å². The van der Waals surface area contributed by atoms with Crippen LogP contribution in [-0.4, -0.2) is 47.0 Å². The van der Waals surface area contributed by atoms with Crippen LogP contribution in [0.5, 0.6) is 0 Å². The highest BCUT2D eigenvalue weighted by molar-refractivity contribution is 6.30. The van der Waals surface area contributed by atoms with Gasteiger partial charge in [-0.05, 0) is 42.0 Å². The molecule has 0 bridgehead atoms. The lowest BCUT2D eigenvalue weighted by Crippen LogP contribution is -2.49. The topological polar surface area (TPSA) is 49.3 Å². The molecular formula is C21H18ClFN4O. The van der Waals surface area contributed by atoms with Crippen molar-refractivity contribution in [3.05, 3.63) is 77.3 Å². The summed E-state index contributed by atoms with van der Waals surface area (Å²) in [6.45, 7) is 2.56. The van der Waals surface area contributed by atoms with Gasteiger partial charge in [0.2, 0.25) is 5.95 Å². The van der Waals surface area contributed by atoms with Crippen LogP contribution >= 0.6 is 11.6 Å². The minimum Gasteiger partial charge on any atom is -0.337 e. The van der Waals surface area contributed by atoms with E-state index in [9.17, 15) is 9.18 Å². The van der Waals surface area contributed by atoms with Crippen molar-refractivity contribution in [3.8, 4) is 11.1 Å². The van der Waals surface area contributed by atoms with Gasteiger partial charge in [0.1, 0.15) is 5.82 Å². The van der Waals surface area contributed by atoms with Gasteiger partial charge < -0.3 is 9.80 Å². The third-order valence-electron chi connectivity index (χ3n) is 4.77. The van der Waals surface area contributed by atoms with Gasteiger partial charge in [-0.25, -0.2) is 14.4 Å². The third kappa shape index (κ3) is 3.82. The number of aromatic nitrogens is 2. The summed E-state index contributed by atoms with van der Waals surface area (Å²) in [6.07, 6.45) is 3.42. The second kappa shape index (κ2) is 7.94. The Kier molecular flexibility index (Phi) is 5.21. The molecule has 0 atom stereocenters. The molecule has 1 aliphatic heterocycles. The smallest absolute Gasteiger partial charge is 0.253 e. The molecule has 1 fully saturated rings. The molecule has 1 saturated heterocycles. The fraction of sp³-hybridized carbons (Fsp3) is 0.190. The summed E-state index contributed by atoms with van der Waals surface area (Å²) in [7, 11) is 0. The zero-order valence-electron chi connectivity index (χ0n) is 15.1. The normalized spacial score (nSPS) is 14.2. The van der Waals surface area contributed by atoms with Crippen LogP contribution in [0.3, 0.4) is 0 Å². The van der Waals surface area contributed by atoms with Gasteiger partial charge in [-0.2, -0.15) is 0 Å². The molecular weight excluding hydrogens is 379 g/mol. The average molecular weight is 397 g/mol. The molecule has 5 nitrogen and oxygen atoms in total. The molecule has 2 heterocycles. The minimum atomic E-state index is -0.345. The van der Waals surface area contributed by atoms with Crippen LogP contribution in [0.2, 0.25) is 5.02 Å². The number of anilines is 1. The van der Waals surface area contributed by atoms with Crippen molar-refractivity contribution in [1.29, 1.82) is 0 Å². The predicted molar refractivity (Wildman–Crippen MR) is 107 cm³/mol. The van der Waals surface area contributed by atoms with Gasteiger partial charge in [-0.1, -0.05) is 23.7 Å². The van der Waals surface area contributed by atoms with E-state index in [1.807, 2.05) is 4.90 Å². The number of piperazine rings is 1. The molecule has 0 unspecified atom stereocenters. The lowest BCUT2D eigenvalue weighted by molar-refractivity contribution is 0.0746. The Bertz CT molecular complexity index is 973. The maximum atomic E-state index is 14.0. The highest BCUT2D eigenvalue weighted by atomic mass is 35.5. The first-order chi connectivity index (χ1) is 13.6. The van der Waals surface area contributed by atoms with Crippen LogP contribution in [0.15, 0.2) is 60.9 Å². The van der Waals surface area contributed by atoms with E-state index in [-0.39, 0.29) is 11.7 Å². The predicted octanol–water partition coefficient (Wildman–Crippen LogP) is 3.90. The van der Waals surface area contributed by atoms with Crippen molar-refractivity contribution in [3.63, 3.8) is 0 Å². The summed E-state index contributed by atoms with van der Waals surface area (Å²) in [5, 5.41) is 0.469. The Morgan fingerprint density at radius 3 is 2.32 bits per heavy atom. The Labute approximate surface area is 167 Å². The standard InChI is InChI=1S/C21H18ClFN4O/c22-17-6-7-19(23)18(14-17)15-2-4-16(5-3-15)20(28)26-10-12-27(13-11-26)21-24-8-1-9-25-21/h1-9,14H,10-13H2. The second-order valence-electron chi connectivity index (χ2n) is 6.53. The van der Waals surface area contributed by atoms with Gasteiger partial charge >= 0.3 is 0 Å². The van der Waals surface area contributed by atoms with Gasteiger partial charge in [-0.3, -0.25) is 4.79 Å². The molecule has 28 heavy (non-hydrogen) atoms. The Morgan fingerprint density at radius 1 is 0.964 bits per heavy atom. The fourth-order valence-electron chi connectivity index (χ4n) is 3.26. The number of halogens is 2. The molecule has 1 aromatic heterocycles. The van der Waals surface area contributed by atoms with E-state index in [0.717, 1.165) is 0 Å². The third-order valence-corrected chi connectivity index (χ3v) is 5.01. The molecule has 0 spiro atoms.